The highest BCUT2D eigenvalue weighted by atomic mass is 16.5. The highest BCUT2D eigenvalue weighted by Crippen LogP contribution is 2.30. The zero-order valence-corrected chi connectivity index (χ0v) is 14.4. The number of rotatable bonds is 4. The van der Waals surface area contributed by atoms with Gasteiger partial charge in [0.25, 0.3) is 0 Å². The van der Waals surface area contributed by atoms with Gasteiger partial charge < -0.3 is 15.0 Å². The summed E-state index contributed by atoms with van der Waals surface area (Å²) >= 11 is 0. The quantitative estimate of drug-likeness (QED) is 0.924. The minimum atomic E-state index is 0.213. The molecule has 3 aliphatic rings. The molecule has 1 aliphatic carbocycles. The molecular weight excluding hydrogens is 300 g/mol. The molecule has 24 heavy (non-hydrogen) atoms. The number of ether oxygens (including phenoxy) is 1. The second-order valence-corrected chi connectivity index (χ2v) is 7.47. The van der Waals surface area contributed by atoms with E-state index in [1.165, 1.54) is 36.8 Å². The van der Waals surface area contributed by atoms with Gasteiger partial charge in [0.15, 0.2) is 0 Å². The van der Waals surface area contributed by atoms with Crippen molar-refractivity contribution in [3.05, 3.63) is 29.3 Å². The van der Waals surface area contributed by atoms with E-state index in [1.54, 1.807) is 0 Å². The molecule has 2 aliphatic heterocycles. The maximum atomic E-state index is 13.2. The van der Waals surface area contributed by atoms with E-state index < -0.39 is 0 Å². The number of nitrogens with zero attached hydrogens (tertiary/aromatic N) is 1. The molecule has 0 unspecified atom stereocenters. The molecule has 0 spiro atoms. The SMILES string of the molecule is O=C(C1CCNCC1)N(Cc1ccc2c(c1)CCO2)C1CCCC1. The van der Waals surface area contributed by atoms with Gasteiger partial charge >= 0.3 is 0 Å². The van der Waals surface area contributed by atoms with Crippen LogP contribution in [-0.2, 0) is 17.8 Å². The molecule has 1 saturated carbocycles. The lowest BCUT2D eigenvalue weighted by molar-refractivity contribution is -0.139. The molecule has 4 heteroatoms. The third-order valence-corrected chi connectivity index (χ3v) is 5.84. The Kier molecular flexibility index (Phi) is 4.74. The molecule has 0 radical (unpaired) electrons. The molecule has 2 fully saturated rings. The van der Waals surface area contributed by atoms with Crippen molar-refractivity contribution >= 4 is 5.91 Å². The van der Waals surface area contributed by atoms with E-state index in [-0.39, 0.29) is 5.92 Å². The fraction of sp³-hybridized carbons (Fsp3) is 0.650. The van der Waals surface area contributed by atoms with Crippen molar-refractivity contribution in [3.63, 3.8) is 0 Å². The molecule has 1 N–H and O–H groups in total. The molecule has 1 aromatic carbocycles. The van der Waals surface area contributed by atoms with Crippen LogP contribution in [0.5, 0.6) is 5.75 Å². The first-order valence-corrected chi connectivity index (χ1v) is 9.57. The Hall–Kier alpha value is -1.55. The van der Waals surface area contributed by atoms with Crippen LogP contribution in [0.1, 0.15) is 49.7 Å². The van der Waals surface area contributed by atoms with E-state index in [2.05, 4.69) is 28.4 Å². The van der Waals surface area contributed by atoms with Crippen molar-refractivity contribution in [1.82, 2.24) is 10.2 Å². The summed E-state index contributed by atoms with van der Waals surface area (Å²) in [6.07, 6.45) is 7.84. The smallest absolute Gasteiger partial charge is 0.226 e. The van der Waals surface area contributed by atoms with Gasteiger partial charge in [0, 0.05) is 24.9 Å². The summed E-state index contributed by atoms with van der Waals surface area (Å²) in [7, 11) is 0. The van der Waals surface area contributed by atoms with E-state index in [9.17, 15) is 4.79 Å². The number of hydrogen-bond donors (Lipinski definition) is 1. The Balaban J connectivity index is 1.52. The van der Waals surface area contributed by atoms with Crippen molar-refractivity contribution in [3.8, 4) is 5.75 Å². The summed E-state index contributed by atoms with van der Waals surface area (Å²) < 4.78 is 5.61. The summed E-state index contributed by atoms with van der Waals surface area (Å²) in [6, 6.07) is 6.92. The van der Waals surface area contributed by atoms with Crippen LogP contribution in [0, 0.1) is 5.92 Å². The third-order valence-electron chi connectivity index (χ3n) is 5.84. The predicted molar refractivity (Wildman–Crippen MR) is 94.0 cm³/mol. The molecule has 1 saturated heterocycles. The minimum Gasteiger partial charge on any atom is -0.493 e. The molecule has 1 amide bonds. The monoisotopic (exact) mass is 328 g/mol. The first kappa shape index (κ1) is 15.9. The predicted octanol–water partition coefficient (Wildman–Crippen LogP) is 2.89. The average Bonchev–Trinajstić information content (AvgIpc) is 3.31. The first-order valence-electron chi connectivity index (χ1n) is 9.57. The Morgan fingerprint density at radius 1 is 1.17 bits per heavy atom. The zero-order chi connectivity index (χ0) is 16.4. The van der Waals surface area contributed by atoms with Crippen LogP contribution in [0.3, 0.4) is 0 Å². The number of amides is 1. The van der Waals surface area contributed by atoms with Crippen LogP contribution >= 0.6 is 0 Å². The molecule has 2 heterocycles. The lowest BCUT2D eigenvalue weighted by Crippen LogP contribution is -2.44. The first-order chi connectivity index (χ1) is 11.8. The molecule has 4 nitrogen and oxygen atoms in total. The maximum absolute atomic E-state index is 13.2. The van der Waals surface area contributed by atoms with E-state index in [0.29, 0.717) is 11.9 Å². The van der Waals surface area contributed by atoms with Crippen molar-refractivity contribution in [1.29, 1.82) is 0 Å². The standard InChI is InChI=1S/C20H28N2O2/c23-20(16-7-10-21-11-8-16)22(18-3-1-2-4-18)14-15-5-6-19-17(13-15)9-12-24-19/h5-6,13,16,18,21H,1-4,7-12,14H2. The highest BCUT2D eigenvalue weighted by Gasteiger charge is 2.32. The van der Waals surface area contributed by atoms with Crippen LogP contribution in [0.2, 0.25) is 0 Å². The Morgan fingerprint density at radius 3 is 2.75 bits per heavy atom. The van der Waals surface area contributed by atoms with Crippen molar-refractivity contribution < 1.29 is 9.53 Å². The lowest BCUT2D eigenvalue weighted by atomic mass is 9.95. The summed E-state index contributed by atoms with van der Waals surface area (Å²) in [5.41, 5.74) is 2.56. The molecule has 0 atom stereocenters. The Bertz CT molecular complexity index is 589. The summed E-state index contributed by atoms with van der Waals surface area (Å²) in [4.78, 5) is 15.4. The van der Waals surface area contributed by atoms with Crippen molar-refractivity contribution in [2.45, 2.75) is 57.5 Å². The minimum absolute atomic E-state index is 0.213. The fourth-order valence-corrected chi connectivity index (χ4v) is 4.44. The molecule has 0 aromatic heterocycles. The van der Waals surface area contributed by atoms with Gasteiger partial charge in [-0.3, -0.25) is 4.79 Å². The topological polar surface area (TPSA) is 41.6 Å². The van der Waals surface area contributed by atoms with E-state index in [4.69, 9.17) is 4.74 Å². The molecule has 130 valence electrons. The molecule has 0 bridgehead atoms. The number of piperidine rings is 1. The Labute approximate surface area is 144 Å². The van der Waals surface area contributed by atoms with Crippen LogP contribution in [0.4, 0.5) is 0 Å². The van der Waals surface area contributed by atoms with Gasteiger partial charge in [0.1, 0.15) is 5.75 Å². The number of benzene rings is 1. The molecule has 4 rings (SSSR count). The number of carbonyl (C=O) groups is 1. The fourth-order valence-electron chi connectivity index (χ4n) is 4.44. The Morgan fingerprint density at radius 2 is 1.96 bits per heavy atom. The van der Waals surface area contributed by atoms with Gasteiger partial charge in [0.2, 0.25) is 5.91 Å². The second-order valence-electron chi connectivity index (χ2n) is 7.47. The highest BCUT2D eigenvalue weighted by molar-refractivity contribution is 5.79. The van der Waals surface area contributed by atoms with Gasteiger partial charge in [-0.25, -0.2) is 0 Å². The van der Waals surface area contributed by atoms with E-state index >= 15 is 0 Å². The lowest BCUT2D eigenvalue weighted by Gasteiger charge is -2.34. The van der Waals surface area contributed by atoms with Gasteiger partial charge in [-0.05, 0) is 56.0 Å². The second kappa shape index (κ2) is 7.14. The van der Waals surface area contributed by atoms with Gasteiger partial charge in [0.05, 0.1) is 6.61 Å². The van der Waals surface area contributed by atoms with Gasteiger partial charge in [-0.15, -0.1) is 0 Å². The summed E-state index contributed by atoms with van der Waals surface area (Å²) in [6.45, 7) is 3.51. The number of nitrogens with one attached hydrogen (secondary N) is 1. The summed E-state index contributed by atoms with van der Waals surface area (Å²) in [5.74, 6) is 1.63. The molecule has 1 aromatic rings. The normalized spacial score (nSPS) is 21.5. The number of hydrogen-bond acceptors (Lipinski definition) is 3. The van der Waals surface area contributed by atoms with Gasteiger partial charge in [-0.1, -0.05) is 25.0 Å². The largest absolute Gasteiger partial charge is 0.493 e. The van der Waals surface area contributed by atoms with Crippen LogP contribution in [-0.4, -0.2) is 36.5 Å². The maximum Gasteiger partial charge on any atom is 0.226 e. The summed E-state index contributed by atoms with van der Waals surface area (Å²) in [5, 5.41) is 3.37. The van der Waals surface area contributed by atoms with E-state index in [1.807, 2.05) is 0 Å². The van der Waals surface area contributed by atoms with Crippen LogP contribution in [0.25, 0.3) is 0 Å². The van der Waals surface area contributed by atoms with Crippen molar-refractivity contribution in [2.24, 2.45) is 5.92 Å². The van der Waals surface area contributed by atoms with E-state index in [0.717, 1.165) is 51.3 Å². The average molecular weight is 328 g/mol. The molecular formula is C20H28N2O2. The van der Waals surface area contributed by atoms with Gasteiger partial charge in [-0.2, -0.15) is 0 Å². The number of fused-ring (bicyclic) bond motifs is 1. The van der Waals surface area contributed by atoms with Crippen LogP contribution < -0.4 is 10.1 Å². The third kappa shape index (κ3) is 3.30. The number of carbonyl (C=O) groups excluding carboxylic acids is 1. The van der Waals surface area contributed by atoms with Crippen molar-refractivity contribution in [2.75, 3.05) is 19.7 Å². The zero-order valence-electron chi connectivity index (χ0n) is 14.4. The van der Waals surface area contributed by atoms with Crippen LogP contribution in [0.15, 0.2) is 18.2 Å².